The van der Waals surface area contributed by atoms with Crippen molar-refractivity contribution >= 4 is 11.9 Å². The molecule has 0 aliphatic carbocycles. The zero-order valence-corrected chi connectivity index (χ0v) is 10.9. The Balaban J connectivity index is 2.94. The number of hydrogen-bond donors (Lipinski definition) is 1. The molecule has 1 rings (SSSR count). The molecule has 0 bridgehead atoms. The Hall–Kier alpha value is -1.99. The average molecular weight is 292 g/mol. The van der Waals surface area contributed by atoms with Crippen molar-refractivity contribution in [2.45, 2.75) is 26.1 Å². The molecule has 0 radical (unpaired) electrons. The van der Waals surface area contributed by atoms with E-state index in [2.05, 4.69) is 0 Å². The van der Waals surface area contributed by atoms with Gasteiger partial charge in [0.1, 0.15) is 18.8 Å². The van der Waals surface area contributed by atoms with Crippen molar-refractivity contribution in [1.29, 1.82) is 0 Å². The standard InChI is InChI=1S/C12H15F3N2O3/c1-2-5-17(8-12(13,14)15)11(20)9-4-3-6-16(9)7-10(18)19/h3-4,6H,2,5,7-8H2,1H3,(H,18,19). The van der Waals surface area contributed by atoms with E-state index in [-0.39, 0.29) is 12.2 Å². The predicted molar refractivity (Wildman–Crippen MR) is 64.3 cm³/mol. The third-order valence-electron chi connectivity index (χ3n) is 2.51. The predicted octanol–water partition coefficient (Wildman–Crippen LogP) is 1.99. The van der Waals surface area contributed by atoms with Crippen LogP contribution < -0.4 is 0 Å². The van der Waals surface area contributed by atoms with Gasteiger partial charge >= 0.3 is 12.1 Å². The number of aliphatic carboxylic acids is 1. The van der Waals surface area contributed by atoms with Gasteiger partial charge in [-0.25, -0.2) is 0 Å². The van der Waals surface area contributed by atoms with Crippen molar-refractivity contribution in [3.63, 3.8) is 0 Å². The summed E-state index contributed by atoms with van der Waals surface area (Å²) in [5.74, 6) is -2.00. The molecule has 1 heterocycles. The van der Waals surface area contributed by atoms with Gasteiger partial charge in [-0.3, -0.25) is 9.59 Å². The van der Waals surface area contributed by atoms with Gasteiger partial charge in [0.2, 0.25) is 0 Å². The van der Waals surface area contributed by atoms with E-state index in [1.165, 1.54) is 18.3 Å². The van der Waals surface area contributed by atoms with Gasteiger partial charge in [-0.1, -0.05) is 6.92 Å². The van der Waals surface area contributed by atoms with Gasteiger partial charge in [0, 0.05) is 12.7 Å². The van der Waals surface area contributed by atoms with Gasteiger partial charge in [0.05, 0.1) is 0 Å². The van der Waals surface area contributed by atoms with Crippen LogP contribution in [0.25, 0.3) is 0 Å². The molecule has 1 N–H and O–H groups in total. The van der Waals surface area contributed by atoms with E-state index in [4.69, 9.17) is 5.11 Å². The second-order valence-corrected chi connectivity index (χ2v) is 4.26. The molecule has 1 aromatic rings. The lowest BCUT2D eigenvalue weighted by molar-refractivity contribution is -0.141. The van der Waals surface area contributed by atoms with Crippen molar-refractivity contribution in [3.8, 4) is 0 Å². The summed E-state index contributed by atoms with van der Waals surface area (Å²) in [6.45, 7) is -0.207. The summed E-state index contributed by atoms with van der Waals surface area (Å²) in [7, 11) is 0. The van der Waals surface area contributed by atoms with Gasteiger partial charge in [-0.2, -0.15) is 13.2 Å². The summed E-state index contributed by atoms with van der Waals surface area (Å²) < 4.78 is 38.5. The first-order chi connectivity index (χ1) is 9.24. The molecule has 0 aromatic carbocycles. The summed E-state index contributed by atoms with van der Waals surface area (Å²) in [4.78, 5) is 23.4. The smallest absolute Gasteiger partial charge is 0.406 e. The largest absolute Gasteiger partial charge is 0.480 e. The molecule has 5 nitrogen and oxygen atoms in total. The molecule has 1 aromatic heterocycles. The highest BCUT2D eigenvalue weighted by atomic mass is 19.4. The van der Waals surface area contributed by atoms with Crippen LogP contribution in [0, 0.1) is 0 Å². The number of alkyl halides is 3. The summed E-state index contributed by atoms with van der Waals surface area (Å²) in [5, 5.41) is 8.69. The molecule has 0 aliphatic heterocycles. The fourth-order valence-electron chi connectivity index (χ4n) is 1.79. The van der Waals surface area contributed by atoms with Crippen molar-refractivity contribution in [2.24, 2.45) is 0 Å². The Morgan fingerprint density at radius 1 is 1.40 bits per heavy atom. The molecular formula is C12H15F3N2O3. The number of aromatic nitrogens is 1. The molecule has 0 fully saturated rings. The Kier molecular flexibility index (Phi) is 5.18. The summed E-state index contributed by atoms with van der Waals surface area (Å²) in [6.07, 6.45) is -2.77. The van der Waals surface area contributed by atoms with Gasteiger partial charge < -0.3 is 14.6 Å². The number of hydrogen-bond acceptors (Lipinski definition) is 2. The minimum Gasteiger partial charge on any atom is -0.480 e. The fourth-order valence-corrected chi connectivity index (χ4v) is 1.79. The number of carboxylic acid groups (broad SMARTS) is 1. The van der Waals surface area contributed by atoms with Gasteiger partial charge in [0.15, 0.2) is 0 Å². The lowest BCUT2D eigenvalue weighted by Crippen LogP contribution is -2.40. The van der Waals surface area contributed by atoms with Crippen molar-refractivity contribution in [2.75, 3.05) is 13.1 Å². The molecule has 0 spiro atoms. The molecule has 112 valence electrons. The van der Waals surface area contributed by atoms with Crippen molar-refractivity contribution < 1.29 is 27.9 Å². The number of nitrogens with zero attached hydrogens (tertiary/aromatic N) is 2. The quantitative estimate of drug-likeness (QED) is 0.872. The number of rotatable bonds is 6. The average Bonchev–Trinajstić information content (AvgIpc) is 2.73. The monoisotopic (exact) mass is 292 g/mol. The van der Waals surface area contributed by atoms with E-state index < -0.39 is 31.1 Å². The molecule has 0 atom stereocenters. The number of carbonyl (C=O) groups is 2. The maximum absolute atomic E-state index is 12.4. The lowest BCUT2D eigenvalue weighted by atomic mass is 10.3. The Morgan fingerprint density at radius 3 is 2.55 bits per heavy atom. The second-order valence-electron chi connectivity index (χ2n) is 4.26. The number of amides is 1. The fraction of sp³-hybridized carbons (Fsp3) is 0.500. The van der Waals surface area contributed by atoms with Crippen molar-refractivity contribution in [3.05, 3.63) is 24.0 Å². The van der Waals surface area contributed by atoms with Crippen LogP contribution in [-0.4, -0.2) is 45.7 Å². The molecule has 0 saturated heterocycles. The van der Waals surface area contributed by atoms with Crippen LogP contribution in [0.4, 0.5) is 13.2 Å². The first-order valence-electron chi connectivity index (χ1n) is 5.97. The zero-order valence-electron chi connectivity index (χ0n) is 10.9. The van der Waals surface area contributed by atoms with Crippen LogP contribution in [0.5, 0.6) is 0 Å². The van der Waals surface area contributed by atoms with E-state index in [1.54, 1.807) is 6.92 Å². The molecule has 8 heteroatoms. The van der Waals surface area contributed by atoms with Gasteiger partial charge in [0.25, 0.3) is 5.91 Å². The zero-order chi connectivity index (χ0) is 15.3. The first kappa shape index (κ1) is 16.1. The summed E-state index contributed by atoms with van der Waals surface area (Å²) >= 11 is 0. The second kappa shape index (κ2) is 6.44. The topological polar surface area (TPSA) is 62.5 Å². The maximum Gasteiger partial charge on any atom is 0.406 e. The highest BCUT2D eigenvalue weighted by Crippen LogP contribution is 2.18. The van der Waals surface area contributed by atoms with Crippen LogP contribution in [-0.2, 0) is 11.3 Å². The van der Waals surface area contributed by atoms with Crippen LogP contribution in [0.15, 0.2) is 18.3 Å². The number of carbonyl (C=O) groups excluding carboxylic acids is 1. The normalized spacial score (nSPS) is 11.4. The summed E-state index contributed by atoms with van der Waals surface area (Å²) in [5.41, 5.74) is -0.0647. The lowest BCUT2D eigenvalue weighted by Gasteiger charge is -2.23. The number of halogens is 3. The highest BCUT2D eigenvalue weighted by molar-refractivity contribution is 5.93. The van der Waals surface area contributed by atoms with Crippen LogP contribution >= 0.6 is 0 Å². The molecule has 0 unspecified atom stereocenters. The van der Waals surface area contributed by atoms with E-state index in [1.807, 2.05) is 0 Å². The Labute approximate surface area is 113 Å². The molecule has 0 aliphatic rings. The minimum atomic E-state index is -4.49. The molecular weight excluding hydrogens is 277 g/mol. The summed E-state index contributed by atoms with van der Waals surface area (Å²) in [6, 6.07) is 2.73. The molecule has 0 saturated carbocycles. The molecule has 1 amide bonds. The third-order valence-corrected chi connectivity index (χ3v) is 2.51. The van der Waals surface area contributed by atoms with Gasteiger partial charge in [-0.15, -0.1) is 0 Å². The first-order valence-corrected chi connectivity index (χ1v) is 5.97. The van der Waals surface area contributed by atoms with E-state index in [0.29, 0.717) is 11.3 Å². The van der Waals surface area contributed by atoms with Crippen LogP contribution in [0.3, 0.4) is 0 Å². The number of carboxylic acids is 1. The van der Waals surface area contributed by atoms with Crippen LogP contribution in [0.2, 0.25) is 0 Å². The maximum atomic E-state index is 12.4. The van der Waals surface area contributed by atoms with Gasteiger partial charge in [-0.05, 0) is 18.6 Å². The third kappa shape index (κ3) is 4.60. The van der Waals surface area contributed by atoms with E-state index in [0.717, 1.165) is 4.57 Å². The molecule has 20 heavy (non-hydrogen) atoms. The van der Waals surface area contributed by atoms with E-state index in [9.17, 15) is 22.8 Å². The minimum absolute atomic E-state index is 0.0450. The Morgan fingerprint density at radius 2 is 2.05 bits per heavy atom. The van der Waals surface area contributed by atoms with Crippen molar-refractivity contribution in [1.82, 2.24) is 9.47 Å². The van der Waals surface area contributed by atoms with Crippen LogP contribution in [0.1, 0.15) is 23.8 Å². The van der Waals surface area contributed by atoms with E-state index >= 15 is 0 Å². The Bertz CT molecular complexity index is 483. The highest BCUT2D eigenvalue weighted by Gasteiger charge is 2.33. The SMILES string of the molecule is CCCN(CC(F)(F)F)C(=O)c1cccn1CC(=O)O.